The number of carbonyl (C=O) groups excluding carboxylic acids is 2. The maximum Gasteiger partial charge on any atom is 0.305 e. The molecule has 1 amide bonds. The molecule has 0 heterocycles. The third-order valence-electron chi connectivity index (χ3n) is 2.62. The van der Waals surface area contributed by atoms with Crippen molar-refractivity contribution in [3.63, 3.8) is 0 Å². The Bertz CT molecular complexity index is 244. The summed E-state index contributed by atoms with van der Waals surface area (Å²) in [6.07, 6.45) is 3.19. The van der Waals surface area contributed by atoms with Gasteiger partial charge in [-0.05, 0) is 12.8 Å². The topological polar surface area (TPSA) is 72.6 Å². The highest BCUT2D eigenvalue weighted by Crippen LogP contribution is 2.03. The summed E-state index contributed by atoms with van der Waals surface area (Å²) in [5.74, 6) is -0.204. The molecule has 0 radical (unpaired) electrons. The number of rotatable bonds is 8. The van der Waals surface area contributed by atoms with Gasteiger partial charge in [0.1, 0.15) is 0 Å². The van der Waals surface area contributed by atoms with Gasteiger partial charge in [0, 0.05) is 32.5 Å². The first-order valence-electron chi connectivity index (χ1n) is 6.07. The predicted molar refractivity (Wildman–Crippen MR) is 66.4 cm³/mol. The summed E-state index contributed by atoms with van der Waals surface area (Å²) in [5.41, 5.74) is 5.80. The van der Waals surface area contributed by atoms with E-state index in [1.807, 2.05) is 6.92 Å². The Morgan fingerprint density at radius 3 is 2.59 bits per heavy atom. The van der Waals surface area contributed by atoms with Crippen molar-refractivity contribution in [3.05, 3.63) is 0 Å². The maximum atomic E-state index is 11.7. The van der Waals surface area contributed by atoms with E-state index in [4.69, 9.17) is 5.73 Å². The molecule has 0 rings (SSSR count). The van der Waals surface area contributed by atoms with Crippen molar-refractivity contribution in [1.29, 1.82) is 0 Å². The molecule has 0 spiro atoms. The quantitative estimate of drug-likeness (QED) is 0.644. The molecule has 2 N–H and O–H groups in total. The number of esters is 1. The number of hydrogen-bond donors (Lipinski definition) is 1. The fourth-order valence-electron chi connectivity index (χ4n) is 1.54. The zero-order valence-corrected chi connectivity index (χ0v) is 11.1. The van der Waals surface area contributed by atoms with Crippen LogP contribution < -0.4 is 5.73 Å². The van der Waals surface area contributed by atoms with E-state index in [2.05, 4.69) is 4.74 Å². The molecule has 0 aliphatic rings. The molecule has 5 nitrogen and oxygen atoms in total. The summed E-state index contributed by atoms with van der Waals surface area (Å²) in [6, 6.07) is -0.0597. The second-order valence-electron chi connectivity index (χ2n) is 4.25. The smallest absolute Gasteiger partial charge is 0.305 e. The van der Waals surface area contributed by atoms with Crippen LogP contribution in [0.5, 0.6) is 0 Å². The third-order valence-corrected chi connectivity index (χ3v) is 2.62. The van der Waals surface area contributed by atoms with Gasteiger partial charge < -0.3 is 15.4 Å². The molecule has 1 atom stereocenters. The van der Waals surface area contributed by atoms with Crippen molar-refractivity contribution < 1.29 is 14.3 Å². The highest BCUT2D eigenvalue weighted by atomic mass is 16.5. The second kappa shape index (κ2) is 8.98. The number of nitrogens with zero attached hydrogens (tertiary/aromatic N) is 1. The van der Waals surface area contributed by atoms with Crippen LogP contribution in [0, 0.1) is 0 Å². The van der Waals surface area contributed by atoms with Gasteiger partial charge >= 0.3 is 5.97 Å². The van der Waals surface area contributed by atoms with Gasteiger partial charge in [-0.2, -0.15) is 0 Å². The van der Waals surface area contributed by atoms with Crippen molar-refractivity contribution in [1.82, 2.24) is 4.90 Å². The Labute approximate surface area is 103 Å². The lowest BCUT2D eigenvalue weighted by Crippen LogP contribution is -2.34. The number of methoxy groups -OCH3 is 1. The van der Waals surface area contributed by atoms with Crippen molar-refractivity contribution in [2.24, 2.45) is 5.73 Å². The average Bonchev–Trinajstić information content (AvgIpc) is 2.28. The molecule has 0 aromatic heterocycles. The van der Waals surface area contributed by atoms with Gasteiger partial charge in [0.2, 0.25) is 5.91 Å². The van der Waals surface area contributed by atoms with E-state index in [0.717, 1.165) is 12.8 Å². The Morgan fingerprint density at radius 1 is 1.41 bits per heavy atom. The lowest BCUT2D eigenvalue weighted by Gasteiger charge is -2.19. The van der Waals surface area contributed by atoms with Gasteiger partial charge in [0.05, 0.1) is 7.11 Å². The SMILES string of the molecule is CCCC(N)CC(=O)N(C)CCCC(=O)OC. The summed E-state index contributed by atoms with van der Waals surface area (Å²) >= 11 is 0. The van der Waals surface area contributed by atoms with Gasteiger partial charge in [0.15, 0.2) is 0 Å². The highest BCUT2D eigenvalue weighted by molar-refractivity contribution is 5.76. The molecular formula is C12H24N2O3. The Morgan fingerprint density at radius 2 is 2.06 bits per heavy atom. The van der Waals surface area contributed by atoms with Crippen molar-refractivity contribution in [2.45, 2.75) is 45.1 Å². The minimum absolute atomic E-state index is 0.0378. The molecule has 1 unspecified atom stereocenters. The summed E-state index contributed by atoms with van der Waals surface area (Å²) in [5, 5.41) is 0. The minimum Gasteiger partial charge on any atom is -0.469 e. The first kappa shape index (κ1) is 15.9. The Balaban J connectivity index is 3.78. The molecule has 0 aromatic rings. The minimum atomic E-state index is -0.242. The van der Waals surface area contributed by atoms with Crippen LogP contribution in [0.1, 0.15) is 39.0 Å². The van der Waals surface area contributed by atoms with E-state index in [1.54, 1.807) is 11.9 Å². The van der Waals surface area contributed by atoms with Gasteiger partial charge in [-0.15, -0.1) is 0 Å². The first-order valence-corrected chi connectivity index (χ1v) is 6.07. The number of hydrogen-bond acceptors (Lipinski definition) is 4. The number of carbonyl (C=O) groups is 2. The van der Waals surface area contributed by atoms with E-state index in [0.29, 0.717) is 25.8 Å². The summed E-state index contributed by atoms with van der Waals surface area (Å²) < 4.78 is 4.53. The molecule has 0 bridgehead atoms. The molecule has 0 aliphatic heterocycles. The van der Waals surface area contributed by atoms with E-state index in [-0.39, 0.29) is 17.9 Å². The van der Waals surface area contributed by atoms with E-state index in [9.17, 15) is 9.59 Å². The van der Waals surface area contributed by atoms with Crippen LogP contribution in [0.15, 0.2) is 0 Å². The van der Waals surface area contributed by atoms with E-state index in [1.165, 1.54) is 7.11 Å². The molecule has 0 saturated heterocycles. The molecular weight excluding hydrogens is 220 g/mol. The van der Waals surface area contributed by atoms with Crippen LogP contribution in [-0.4, -0.2) is 43.5 Å². The summed E-state index contributed by atoms with van der Waals surface area (Å²) in [4.78, 5) is 24.2. The number of amides is 1. The lowest BCUT2D eigenvalue weighted by molar-refractivity contribution is -0.141. The van der Waals surface area contributed by atoms with E-state index >= 15 is 0 Å². The molecule has 0 saturated carbocycles. The molecule has 5 heteroatoms. The number of nitrogens with two attached hydrogens (primary N) is 1. The van der Waals surface area contributed by atoms with Gasteiger partial charge in [0.25, 0.3) is 0 Å². The molecule has 0 aromatic carbocycles. The molecule has 100 valence electrons. The van der Waals surface area contributed by atoms with Crippen LogP contribution in [0.4, 0.5) is 0 Å². The summed E-state index contributed by atoms with van der Waals surface area (Å²) in [6.45, 7) is 2.61. The second-order valence-corrected chi connectivity index (χ2v) is 4.25. The average molecular weight is 244 g/mol. The van der Waals surface area contributed by atoms with E-state index < -0.39 is 0 Å². The predicted octanol–water partition coefficient (Wildman–Crippen LogP) is 0.916. The Hall–Kier alpha value is -1.10. The fourth-order valence-corrected chi connectivity index (χ4v) is 1.54. The Kier molecular flexibility index (Phi) is 8.40. The van der Waals surface area contributed by atoms with Crippen molar-refractivity contribution in [3.8, 4) is 0 Å². The standard InChI is InChI=1S/C12H24N2O3/c1-4-6-10(13)9-11(15)14(2)8-5-7-12(16)17-3/h10H,4-9,13H2,1-3H3. The summed E-state index contributed by atoms with van der Waals surface area (Å²) in [7, 11) is 3.10. The van der Waals surface area contributed by atoms with Crippen LogP contribution in [0.25, 0.3) is 0 Å². The third kappa shape index (κ3) is 7.74. The van der Waals surface area contributed by atoms with Crippen LogP contribution in [-0.2, 0) is 14.3 Å². The maximum absolute atomic E-state index is 11.7. The largest absolute Gasteiger partial charge is 0.469 e. The normalized spacial score (nSPS) is 12.0. The first-order chi connectivity index (χ1) is 8.01. The molecule has 0 fully saturated rings. The van der Waals surface area contributed by atoms with Crippen LogP contribution in [0.3, 0.4) is 0 Å². The van der Waals surface area contributed by atoms with Crippen molar-refractivity contribution in [2.75, 3.05) is 20.7 Å². The lowest BCUT2D eigenvalue weighted by atomic mass is 10.1. The van der Waals surface area contributed by atoms with Gasteiger partial charge in [-0.25, -0.2) is 0 Å². The highest BCUT2D eigenvalue weighted by Gasteiger charge is 2.13. The van der Waals surface area contributed by atoms with Gasteiger partial charge in [-0.3, -0.25) is 9.59 Å². The monoisotopic (exact) mass is 244 g/mol. The number of ether oxygens (including phenoxy) is 1. The molecule has 0 aliphatic carbocycles. The zero-order valence-electron chi connectivity index (χ0n) is 11.1. The van der Waals surface area contributed by atoms with Crippen LogP contribution >= 0.6 is 0 Å². The zero-order chi connectivity index (χ0) is 13.3. The van der Waals surface area contributed by atoms with Gasteiger partial charge in [-0.1, -0.05) is 13.3 Å². The molecule has 17 heavy (non-hydrogen) atoms. The van der Waals surface area contributed by atoms with Crippen LogP contribution in [0.2, 0.25) is 0 Å². The van der Waals surface area contributed by atoms with Crippen molar-refractivity contribution >= 4 is 11.9 Å². The fraction of sp³-hybridized carbons (Fsp3) is 0.833.